The standard InChI is InChI=1S/C14H21F3N2O2/c1-9(8-20)10(2)19-13(7-18)11-4-3-5-12(6-11)21-14(15,16)17/h3-6,9-10,13,19-20H,7-8,18H2,1-2H3. The van der Waals surface area contributed by atoms with Gasteiger partial charge in [0.15, 0.2) is 0 Å². The summed E-state index contributed by atoms with van der Waals surface area (Å²) in [5, 5.41) is 12.3. The second-order valence-electron chi connectivity index (χ2n) is 5.02. The van der Waals surface area contributed by atoms with Crippen molar-refractivity contribution < 1.29 is 23.0 Å². The van der Waals surface area contributed by atoms with Crippen molar-refractivity contribution in [3.63, 3.8) is 0 Å². The average Bonchev–Trinajstić information content (AvgIpc) is 2.41. The number of halogens is 3. The van der Waals surface area contributed by atoms with E-state index in [-0.39, 0.29) is 36.9 Å². The fourth-order valence-electron chi connectivity index (χ4n) is 1.87. The van der Waals surface area contributed by atoms with Gasteiger partial charge in [0, 0.05) is 25.2 Å². The van der Waals surface area contributed by atoms with Crippen LogP contribution in [0, 0.1) is 5.92 Å². The van der Waals surface area contributed by atoms with Crippen molar-refractivity contribution in [2.24, 2.45) is 11.7 Å². The minimum Gasteiger partial charge on any atom is -0.406 e. The summed E-state index contributed by atoms with van der Waals surface area (Å²) in [6, 6.07) is 5.38. The monoisotopic (exact) mass is 306 g/mol. The number of ether oxygens (including phenoxy) is 1. The van der Waals surface area contributed by atoms with Crippen molar-refractivity contribution in [1.82, 2.24) is 5.32 Å². The Morgan fingerprint density at radius 3 is 2.52 bits per heavy atom. The zero-order chi connectivity index (χ0) is 16.0. The van der Waals surface area contributed by atoms with Crippen LogP contribution in [0.25, 0.3) is 0 Å². The molecule has 0 bridgehead atoms. The summed E-state index contributed by atoms with van der Waals surface area (Å²) in [5.74, 6) is -0.267. The molecule has 1 aromatic rings. The first-order valence-electron chi connectivity index (χ1n) is 6.69. The Kier molecular flexibility index (Phi) is 6.44. The van der Waals surface area contributed by atoms with Crippen LogP contribution in [0.3, 0.4) is 0 Å². The van der Waals surface area contributed by atoms with Crippen LogP contribution >= 0.6 is 0 Å². The Hall–Kier alpha value is -1.31. The van der Waals surface area contributed by atoms with Crippen molar-refractivity contribution in [2.45, 2.75) is 32.3 Å². The normalized spacial score (nSPS) is 16.3. The fraction of sp³-hybridized carbons (Fsp3) is 0.571. The van der Waals surface area contributed by atoms with E-state index in [4.69, 9.17) is 10.8 Å². The third kappa shape index (κ3) is 5.91. The molecular formula is C14H21F3N2O2. The third-order valence-electron chi connectivity index (χ3n) is 3.34. The summed E-state index contributed by atoms with van der Waals surface area (Å²) >= 11 is 0. The van der Waals surface area contributed by atoms with Gasteiger partial charge in [-0.15, -0.1) is 13.2 Å². The molecule has 3 atom stereocenters. The first kappa shape index (κ1) is 17.7. The van der Waals surface area contributed by atoms with Crippen molar-refractivity contribution >= 4 is 0 Å². The maximum atomic E-state index is 12.2. The number of hydrogen-bond acceptors (Lipinski definition) is 4. The molecule has 0 saturated heterocycles. The number of alkyl halides is 3. The molecule has 3 unspecified atom stereocenters. The minimum absolute atomic E-state index is 0.00802. The van der Waals surface area contributed by atoms with Crippen molar-refractivity contribution in [2.75, 3.05) is 13.2 Å². The van der Waals surface area contributed by atoms with Gasteiger partial charge in [0.25, 0.3) is 0 Å². The summed E-state index contributed by atoms with van der Waals surface area (Å²) < 4.78 is 40.6. The molecule has 4 N–H and O–H groups in total. The lowest BCUT2D eigenvalue weighted by molar-refractivity contribution is -0.274. The molecule has 1 aromatic carbocycles. The molecule has 0 saturated carbocycles. The van der Waals surface area contributed by atoms with E-state index in [2.05, 4.69) is 10.1 Å². The van der Waals surface area contributed by atoms with Crippen LogP contribution in [0.5, 0.6) is 5.75 Å². The zero-order valence-corrected chi connectivity index (χ0v) is 12.0. The van der Waals surface area contributed by atoms with E-state index in [0.717, 1.165) is 0 Å². The Morgan fingerprint density at radius 2 is 2.00 bits per heavy atom. The maximum Gasteiger partial charge on any atom is 0.573 e. The van der Waals surface area contributed by atoms with Crippen LogP contribution in [0.15, 0.2) is 24.3 Å². The molecule has 120 valence electrons. The summed E-state index contributed by atoms with van der Waals surface area (Å²) in [6.45, 7) is 3.99. The van der Waals surface area contributed by atoms with Gasteiger partial charge in [-0.05, 0) is 30.5 Å². The van der Waals surface area contributed by atoms with Crippen LogP contribution in [-0.4, -0.2) is 30.7 Å². The fourth-order valence-corrected chi connectivity index (χ4v) is 1.87. The number of aliphatic hydroxyl groups is 1. The molecule has 1 rings (SSSR count). The van der Waals surface area contributed by atoms with E-state index >= 15 is 0 Å². The van der Waals surface area contributed by atoms with Gasteiger partial charge in [0.1, 0.15) is 5.75 Å². The number of rotatable bonds is 7. The van der Waals surface area contributed by atoms with E-state index in [0.29, 0.717) is 5.56 Å². The van der Waals surface area contributed by atoms with E-state index in [1.165, 1.54) is 18.2 Å². The summed E-state index contributed by atoms with van der Waals surface area (Å²) in [7, 11) is 0. The molecule has 0 radical (unpaired) electrons. The maximum absolute atomic E-state index is 12.2. The Bertz CT molecular complexity index is 440. The van der Waals surface area contributed by atoms with Gasteiger partial charge < -0.3 is 20.9 Å². The predicted octanol–water partition coefficient (Wildman–Crippen LogP) is 2.19. The SMILES string of the molecule is CC(CO)C(C)NC(CN)c1cccc(OC(F)(F)F)c1. The lowest BCUT2D eigenvalue weighted by Gasteiger charge is -2.26. The van der Waals surface area contributed by atoms with Gasteiger partial charge in [-0.2, -0.15) is 0 Å². The minimum atomic E-state index is -4.72. The Morgan fingerprint density at radius 1 is 1.33 bits per heavy atom. The van der Waals surface area contributed by atoms with Gasteiger partial charge in [-0.25, -0.2) is 0 Å². The molecule has 0 aliphatic carbocycles. The molecule has 21 heavy (non-hydrogen) atoms. The molecule has 0 amide bonds. The molecular weight excluding hydrogens is 285 g/mol. The Labute approximate surface area is 122 Å². The predicted molar refractivity (Wildman–Crippen MR) is 73.8 cm³/mol. The van der Waals surface area contributed by atoms with Crippen molar-refractivity contribution in [1.29, 1.82) is 0 Å². The van der Waals surface area contributed by atoms with Gasteiger partial charge in [0.2, 0.25) is 0 Å². The molecule has 0 spiro atoms. The quantitative estimate of drug-likeness (QED) is 0.722. The highest BCUT2D eigenvalue weighted by molar-refractivity contribution is 5.31. The number of nitrogens with one attached hydrogen (secondary N) is 1. The summed E-state index contributed by atoms with van der Waals surface area (Å²) in [6.07, 6.45) is -4.72. The number of hydrogen-bond donors (Lipinski definition) is 3. The van der Waals surface area contributed by atoms with Crippen LogP contribution in [0.4, 0.5) is 13.2 Å². The largest absolute Gasteiger partial charge is 0.573 e. The number of nitrogens with two attached hydrogens (primary N) is 1. The van der Waals surface area contributed by atoms with E-state index in [1.807, 2.05) is 13.8 Å². The molecule has 0 fully saturated rings. The van der Waals surface area contributed by atoms with Crippen LogP contribution in [0.1, 0.15) is 25.5 Å². The third-order valence-corrected chi connectivity index (χ3v) is 3.34. The molecule has 0 heterocycles. The summed E-state index contributed by atoms with van der Waals surface area (Å²) in [4.78, 5) is 0. The van der Waals surface area contributed by atoms with Gasteiger partial charge in [0.05, 0.1) is 0 Å². The molecule has 4 nitrogen and oxygen atoms in total. The molecule has 7 heteroatoms. The first-order valence-corrected chi connectivity index (χ1v) is 6.69. The van der Waals surface area contributed by atoms with Crippen LogP contribution < -0.4 is 15.8 Å². The lowest BCUT2D eigenvalue weighted by Crippen LogP contribution is -2.39. The highest BCUT2D eigenvalue weighted by Crippen LogP contribution is 2.25. The van der Waals surface area contributed by atoms with Crippen molar-refractivity contribution in [3.8, 4) is 5.75 Å². The number of aliphatic hydroxyl groups excluding tert-OH is 1. The Balaban J connectivity index is 2.83. The second kappa shape index (κ2) is 7.63. The number of benzene rings is 1. The first-order chi connectivity index (χ1) is 9.76. The second-order valence-corrected chi connectivity index (χ2v) is 5.02. The smallest absolute Gasteiger partial charge is 0.406 e. The average molecular weight is 306 g/mol. The zero-order valence-electron chi connectivity index (χ0n) is 12.0. The van der Waals surface area contributed by atoms with E-state index in [1.54, 1.807) is 6.07 Å². The topological polar surface area (TPSA) is 67.5 Å². The molecule has 0 aliphatic heterocycles. The molecule has 0 aliphatic rings. The highest BCUT2D eigenvalue weighted by atomic mass is 19.4. The van der Waals surface area contributed by atoms with E-state index in [9.17, 15) is 13.2 Å². The van der Waals surface area contributed by atoms with Crippen molar-refractivity contribution in [3.05, 3.63) is 29.8 Å². The molecule has 0 aromatic heterocycles. The summed E-state index contributed by atoms with van der Waals surface area (Å²) in [5.41, 5.74) is 6.29. The van der Waals surface area contributed by atoms with Gasteiger partial charge >= 0.3 is 6.36 Å². The van der Waals surface area contributed by atoms with Crippen LogP contribution in [0.2, 0.25) is 0 Å². The van der Waals surface area contributed by atoms with Crippen LogP contribution in [-0.2, 0) is 0 Å². The van der Waals surface area contributed by atoms with E-state index < -0.39 is 6.36 Å². The van der Waals surface area contributed by atoms with Gasteiger partial charge in [-0.1, -0.05) is 19.1 Å². The lowest BCUT2D eigenvalue weighted by atomic mass is 10.0. The highest BCUT2D eigenvalue weighted by Gasteiger charge is 2.31. The van der Waals surface area contributed by atoms with Gasteiger partial charge in [-0.3, -0.25) is 0 Å².